The summed E-state index contributed by atoms with van der Waals surface area (Å²) in [5, 5.41) is 1.11. The average Bonchev–Trinajstić information content (AvgIpc) is 3.14. The normalized spacial score (nSPS) is 18.6. The molecule has 0 aliphatic carbocycles. The van der Waals surface area contributed by atoms with Crippen molar-refractivity contribution in [3.05, 3.63) is 102 Å². The molecule has 0 bridgehead atoms. The monoisotopic (exact) mass is 435 g/mol. The van der Waals surface area contributed by atoms with E-state index in [1.54, 1.807) is 12.4 Å². The first-order chi connectivity index (χ1) is 16.1. The molecule has 0 N–H and O–H groups in total. The number of aldehydes is 1. The first kappa shape index (κ1) is 21.0. The third-order valence-electron chi connectivity index (χ3n) is 6.44. The molecule has 0 radical (unpaired) electrons. The van der Waals surface area contributed by atoms with Gasteiger partial charge in [-0.2, -0.15) is 0 Å². The molecular formula is C28H25N3O2. The summed E-state index contributed by atoms with van der Waals surface area (Å²) in [5.41, 5.74) is 5.40. The van der Waals surface area contributed by atoms with Crippen LogP contribution in [0.5, 0.6) is 5.75 Å². The minimum atomic E-state index is -0.698. The molecule has 1 atom stereocenters. The molecule has 5 nitrogen and oxygen atoms in total. The molecule has 1 aliphatic rings. The Balaban J connectivity index is 1.41. The number of para-hydroxylation sites is 1. The highest BCUT2D eigenvalue weighted by molar-refractivity contribution is 6.05. The van der Waals surface area contributed by atoms with E-state index in [9.17, 15) is 4.79 Å². The summed E-state index contributed by atoms with van der Waals surface area (Å²) >= 11 is 0. The summed E-state index contributed by atoms with van der Waals surface area (Å²) in [5.74, 6) is 0.763. The fourth-order valence-corrected chi connectivity index (χ4v) is 4.44. The van der Waals surface area contributed by atoms with Gasteiger partial charge in [0.2, 0.25) is 0 Å². The number of fused-ring (bicyclic) bond motifs is 1. The third kappa shape index (κ3) is 3.92. The van der Waals surface area contributed by atoms with Gasteiger partial charge in [0.1, 0.15) is 24.2 Å². The Hall–Kier alpha value is -3.83. The highest BCUT2D eigenvalue weighted by Gasteiger charge is 2.42. The quantitative estimate of drug-likeness (QED) is 0.398. The zero-order valence-electron chi connectivity index (χ0n) is 18.7. The summed E-state index contributed by atoms with van der Waals surface area (Å²) in [7, 11) is 1.98. The van der Waals surface area contributed by atoms with Gasteiger partial charge in [-0.3, -0.25) is 9.88 Å². The molecule has 0 fully saturated rings. The van der Waals surface area contributed by atoms with Crippen LogP contribution < -0.4 is 4.74 Å². The van der Waals surface area contributed by atoms with Crippen LogP contribution in [-0.2, 0) is 11.4 Å². The summed E-state index contributed by atoms with van der Waals surface area (Å²) < 4.78 is 6.00. The maximum absolute atomic E-state index is 12.2. The van der Waals surface area contributed by atoms with Crippen molar-refractivity contribution in [2.24, 2.45) is 0 Å². The summed E-state index contributed by atoms with van der Waals surface area (Å²) in [6.07, 6.45) is 4.61. The molecule has 2 aromatic heterocycles. The third-order valence-corrected chi connectivity index (χ3v) is 6.44. The smallest absolute Gasteiger partial charge is 0.144 e. The Bertz CT molecular complexity index is 1330. The van der Waals surface area contributed by atoms with E-state index in [4.69, 9.17) is 4.74 Å². The van der Waals surface area contributed by atoms with E-state index in [1.165, 1.54) is 0 Å². The number of benzene rings is 2. The predicted molar refractivity (Wildman–Crippen MR) is 131 cm³/mol. The molecule has 33 heavy (non-hydrogen) atoms. The van der Waals surface area contributed by atoms with Gasteiger partial charge in [-0.05, 0) is 72.6 Å². The van der Waals surface area contributed by atoms with Gasteiger partial charge in [-0.15, -0.1) is 0 Å². The first-order valence-corrected chi connectivity index (χ1v) is 11.0. The van der Waals surface area contributed by atoms with Crippen molar-refractivity contribution >= 4 is 28.3 Å². The van der Waals surface area contributed by atoms with E-state index in [0.29, 0.717) is 13.2 Å². The fraction of sp³-hybridized carbons (Fsp3) is 0.179. The van der Waals surface area contributed by atoms with Crippen molar-refractivity contribution in [3.8, 4) is 5.75 Å². The first-order valence-electron chi connectivity index (χ1n) is 11.0. The second-order valence-electron chi connectivity index (χ2n) is 8.52. The Morgan fingerprint density at radius 3 is 2.48 bits per heavy atom. The SMILES string of the molecule is CN1CC(c2ccncc2)=C(c2ccc(OCc3ccc4ccccc4n3)cc2)C1(C)C=O. The van der Waals surface area contributed by atoms with Crippen molar-refractivity contribution in [1.82, 2.24) is 14.9 Å². The molecule has 2 aromatic carbocycles. The van der Waals surface area contributed by atoms with Crippen LogP contribution in [0.15, 0.2) is 85.2 Å². The van der Waals surface area contributed by atoms with Crippen LogP contribution in [0.3, 0.4) is 0 Å². The number of hydrogen-bond acceptors (Lipinski definition) is 5. The minimum Gasteiger partial charge on any atom is -0.487 e. The molecule has 0 amide bonds. The van der Waals surface area contributed by atoms with Gasteiger partial charge in [-0.25, -0.2) is 4.98 Å². The van der Waals surface area contributed by atoms with E-state index < -0.39 is 5.54 Å². The van der Waals surface area contributed by atoms with Gasteiger partial charge in [0, 0.05) is 24.3 Å². The van der Waals surface area contributed by atoms with E-state index in [2.05, 4.69) is 20.9 Å². The van der Waals surface area contributed by atoms with Crippen LogP contribution >= 0.6 is 0 Å². The molecule has 164 valence electrons. The zero-order valence-corrected chi connectivity index (χ0v) is 18.7. The van der Waals surface area contributed by atoms with Crippen molar-refractivity contribution < 1.29 is 9.53 Å². The topological polar surface area (TPSA) is 55.3 Å². The standard InChI is InChI=1S/C28H25N3O2/c1-28(19-32)27(25(17-31(28)2)20-13-15-29-16-14-20)22-8-11-24(12-9-22)33-18-23-10-7-21-5-3-4-6-26(21)30-23/h3-16,19H,17-18H2,1-2H3. The number of nitrogens with zero attached hydrogens (tertiary/aromatic N) is 3. The average molecular weight is 436 g/mol. The fourth-order valence-electron chi connectivity index (χ4n) is 4.44. The van der Waals surface area contributed by atoms with Gasteiger partial charge < -0.3 is 9.53 Å². The lowest BCUT2D eigenvalue weighted by atomic mass is 9.85. The highest BCUT2D eigenvalue weighted by atomic mass is 16.5. The number of pyridine rings is 2. The van der Waals surface area contributed by atoms with E-state index in [-0.39, 0.29) is 0 Å². The van der Waals surface area contributed by atoms with Crippen LogP contribution in [-0.4, -0.2) is 40.3 Å². The number of ether oxygens (including phenoxy) is 1. The number of aromatic nitrogens is 2. The van der Waals surface area contributed by atoms with E-state index in [1.807, 2.05) is 80.7 Å². The Kier molecular flexibility index (Phi) is 5.48. The maximum Gasteiger partial charge on any atom is 0.144 e. The van der Waals surface area contributed by atoms with Crippen molar-refractivity contribution in [2.75, 3.05) is 13.6 Å². The number of carbonyl (C=O) groups is 1. The van der Waals surface area contributed by atoms with Crippen molar-refractivity contribution in [3.63, 3.8) is 0 Å². The number of rotatable bonds is 6. The maximum atomic E-state index is 12.2. The Morgan fingerprint density at radius 1 is 0.970 bits per heavy atom. The van der Waals surface area contributed by atoms with Crippen molar-refractivity contribution in [1.29, 1.82) is 0 Å². The minimum absolute atomic E-state index is 0.393. The molecule has 4 aromatic rings. The van der Waals surface area contributed by atoms with Gasteiger partial charge >= 0.3 is 0 Å². The number of likely N-dealkylation sites (N-methyl/N-ethyl adjacent to an activating group) is 1. The van der Waals surface area contributed by atoms with E-state index >= 15 is 0 Å². The van der Waals surface area contributed by atoms with Crippen molar-refractivity contribution in [2.45, 2.75) is 19.1 Å². The van der Waals surface area contributed by atoms with Crippen LogP contribution in [0.1, 0.15) is 23.7 Å². The molecule has 3 heterocycles. The predicted octanol–water partition coefficient (Wildman–Crippen LogP) is 5.02. The van der Waals surface area contributed by atoms with Gasteiger partial charge in [0.25, 0.3) is 0 Å². The Morgan fingerprint density at radius 2 is 1.73 bits per heavy atom. The van der Waals surface area contributed by atoms with Gasteiger partial charge in [0.15, 0.2) is 0 Å². The van der Waals surface area contributed by atoms with Crippen LogP contribution in [0.2, 0.25) is 0 Å². The lowest BCUT2D eigenvalue weighted by Gasteiger charge is -2.29. The summed E-state index contributed by atoms with van der Waals surface area (Å²) in [6, 6.07) is 24.1. The molecule has 1 aliphatic heterocycles. The van der Waals surface area contributed by atoms with Crippen LogP contribution in [0.25, 0.3) is 22.0 Å². The zero-order chi connectivity index (χ0) is 22.8. The van der Waals surface area contributed by atoms with E-state index in [0.717, 1.165) is 50.9 Å². The number of hydrogen-bond donors (Lipinski definition) is 0. The van der Waals surface area contributed by atoms with Gasteiger partial charge in [0.05, 0.1) is 11.2 Å². The largest absolute Gasteiger partial charge is 0.487 e. The van der Waals surface area contributed by atoms with Crippen LogP contribution in [0.4, 0.5) is 0 Å². The molecule has 0 saturated heterocycles. The molecule has 1 unspecified atom stereocenters. The summed E-state index contributed by atoms with van der Waals surface area (Å²) in [6.45, 7) is 3.06. The highest BCUT2D eigenvalue weighted by Crippen LogP contribution is 2.43. The second-order valence-corrected chi connectivity index (χ2v) is 8.52. The second kappa shape index (κ2) is 8.60. The van der Waals surface area contributed by atoms with Crippen LogP contribution in [0, 0.1) is 0 Å². The Labute approximate surface area is 193 Å². The summed E-state index contributed by atoms with van der Waals surface area (Å²) in [4.78, 5) is 23.1. The number of carbonyl (C=O) groups excluding carboxylic acids is 1. The molecular weight excluding hydrogens is 410 g/mol. The molecule has 0 spiro atoms. The molecule has 5 rings (SSSR count). The molecule has 5 heteroatoms. The lowest BCUT2D eigenvalue weighted by Crippen LogP contribution is -2.42. The lowest BCUT2D eigenvalue weighted by molar-refractivity contribution is -0.113. The molecule has 0 saturated carbocycles. The van der Waals surface area contributed by atoms with Gasteiger partial charge in [-0.1, -0.05) is 36.4 Å².